The molecule has 0 bridgehead atoms. The molecule has 0 aromatic heterocycles. The quantitative estimate of drug-likeness (QED) is 0.710. The van der Waals surface area contributed by atoms with Gasteiger partial charge in [0.1, 0.15) is 6.04 Å². The van der Waals surface area contributed by atoms with Gasteiger partial charge in [-0.2, -0.15) is 0 Å². The fourth-order valence-electron chi connectivity index (χ4n) is 1.93. The predicted molar refractivity (Wildman–Crippen MR) is 51.7 cm³/mol. The van der Waals surface area contributed by atoms with E-state index in [2.05, 4.69) is 11.8 Å². The van der Waals surface area contributed by atoms with Crippen LogP contribution in [-0.2, 0) is 4.79 Å². The average Bonchev–Trinajstić information content (AvgIpc) is 1.93. The second kappa shape index (κ2) is 3.29. The fraction of sp³-hybridized carbons (Fsp3) is 0.900. The molecule has 1 aliphatic heterocycles. The van der Waals surface area contributed by atoms with Crippen molar-refractivity contribution in [2.45, 2.75) is 46.2 Å². The summed E-state index contributed by atoms with van der Waals surface area (Å²) in [5, 5.41) is 9.12. The molecule has 1 heterocycles. The molecule has 0 aliphatic carbocycles. The lowest BCUT2D eigenvalue weighted by Gasteiger charge is -2.47. The summed E-state index contributed by atoms with van der Waals surface area (Å²) in [7, 11) is 0. The molecular formula is C10H19NO2. The molecule has 13 heavy (non-hydrogen) atoms. The summed E-state index contributed by atoms with van der Waals surface area (Å²) in [5.74, 6) is -0.695. The zero-order chi connectivity index (χ0) is 10.2. The summed E-state index contributed by atoms with van der Waals surface area (Å²) in [4.78, 5) is 13.2. The minimum atomic E-state index is -0.695. The highest BCUT2D eigenvalue weighted by molar-refractivity contribution is 5.74. The zero-order valence-corrected chi connectivity index (χ0v) is 8.87. The number of likely N-dealkylation sites (tertiary alicyclic amines) is 1. The summed E-state index contributed by atoms with van der Waals surface area (Å²) < 4.78 is 0. The van der Waals surface area contributed by atoms with Gasteiger partial charge in [-0.05, 0) is 18.8 Å². The molecule has 0 radical (unpaired) electrons. The molecule has 1 rings (SSSR count). The summed E-state index contributed by atoms with van der Waals surface area (Å²) in [6, 6.07) is 0.0941. The van der Waals surface area contributed by atoms with Crippen LogP contribution < -0.4 is 0 Å². The average molecular weight is 185 g/mol. The molecule has 0 amide bonds. The number of carboxylic acids is 1. The van der Waals surface area contributed by atoms with Crippen LogP contribution in [0.3, 0.4) is 0 Å². The first-order valence-corrected chi connectivity index (χ1v) is 4.82. The summed E-state index contributed by atoms with van der Waals surface area (Å²) in [5.41, 5.74) is -0.180. The Balaban J connectivity index is 2.74. The van der Waals surface area contributed by atoms with Gasteiger partial charge in [-0.25, -0.2) is 0 Å². The van der Waals surface area contributed by atoms with Gasteiger partial charge in [0.25, 0.3) is 0 Å². The van der Waals surface area contributed by atoms with Gasteiger partial charge in [0.05, 0.1) is 0 Å². The molecule has 1 fully saturated rings. The minimum Gasteiger partial charge on any atom is -0.480 e. The molecule has 2 atom stereocenters. The van der Waals surface area contributed by atoms with Crippen LogP contribution in [0.5, 0.6) is 0 Å². The monoisotopic (exact) mass is 185 g/mol. The van der Waals surface area contributed by atoms with E-state index >= 15 is 0 Å². The van der Waals surface area contributed by atoms with Crippen LogP contribution in [0.1, 0.15) is 34.1 Å². The maximum atomic E-state index is 11.1. The lowest BCUT2D eigenvalue weighted by atomic mass is 9.82. The first-order valence-electron chi connectivity index (χ1n) is 4.82. The van der Waals surface area contributed by atoms with Crippen molar-refractivity contribution >= 4 is 5.97 Å². The molecule has 2 unspecified atom stereocenters. The van der Waals surface area contributed by atoms with Crippen molar-refractivity contribution in [3.63, 3.8) is 0 Å². The predicted octanol–water partition coefficient (Wildman–Crippen LogP) is 1.58. The van der Waals surface area contributed by atoms with Gasteiger partial charge in [0.2, 0.25) is 0 Å². The summed E-state index contributed by atoms with van der Waals surface area (Å²) >= 11 is 0. The van der Waals surface area contributed by atoms with Gasteiger partial charge in [0, 0.05) is 12.6 Å². The van der Waals surface area contributed by atoms with E-state index in [-0.39, 0.29) is 11.5 Å². The van der Waals surface area contributed by atoms with Crippen LogP contribution in [-0.4, -0.2) is 34.6 Å². The van der Waals surface area contributed by atoms with E-state index in [1.807, 2.05) is 20.8 Å². The van der Waals surface area contributed by atoms with Crippen LogP contribution in [0.15, 0.2) is 0 Å². The third-order valence-corrected chi connectivity index (χ3v) is 2.76. The molecule has 0 saturated carbocycles. The molecular weight excluding hydrogens is 166 g/mol. The summed E-state index contributed by atoms with van der Waals surface area (Å²) in [6.45, 7) is 8.96. The SMILES string of the molecule is CC1CCN1C(C(=O)O)C(C)(C)C. The molecule has 3 heteroatoms. The number of hydrogen-bond acceptors (Lipinski definition) is 2. The Bertz CT molecular complexity index is 207. The second-order valence-corrected chi connectivity index (χ2v) is 4.98. The minimum absolute atomic E-state index is 0.180. The maximum absolute atomic E-state index is 11.1. The van der Waals surface area contributed by atoms with Gasteiger partial charge in [-0.15, -0.1) is 0 Å². The molecule has 0 aromatic rings. The standard InChI is InChI=1S/C10H19NO2/c1-7-5-6-11(7)8(9(12)13)10(2,3)4/h7-8H,5-6H2,1-4H3,(H,12,13). The van der Waals surface area contributed by atoms with Crippen molar-refractivity contribution in [3.05, 3.63) is 0 Å². The zero-order valence-electron chi connectivity index (χ0n) is 8.87. The number of carboxylic acid groups (broad SMARTS) is 1. The van der Waals surface area contributed by atoms with E-state index in [9.17, 15) is 4.79 Å². The molecule has 76 valence electrons. The van der Waals surface area contributed by atoms with Crippen molar-refractivity contribution in [1.29, 1.82) is 0 Å². The van der Waals surface area contributed by atoms with E-state index in [1.54, 1.807) is 0 Å². The fourth-order valence-corrected chi connectivity index (χ4v) is 1.93. The number of nitrogens with zero attached hydrogens (tertiary/aromatic N) is 1. The van der Waals surface area contributed by atoms with Crippen molar-refractivity contribution < 1.29 is 9.90 Å². The highest BCUT2D eigenvalue weighted by Crippen LogP contribution is 2.31. The Hall–Kier alpha value is -0.570. The normalized spacial score (nSPS) is 26.6. The van der Waals surface area contributed by atoms with Gasteiger partial charge < -0.3 is 5.11 Å². The number of aliphatic carboxylic acids is 1. The van der Waals surface area contributed by atoms with E-state index in [0.717, 1.165) is 13.0 Å². The Morgan fingerprint density at radius 2 is 2.08 bits per heavy atom. The van der Waals surface area contributed by atoms with Crippen molar-refractivity contribution in [2.24, 2.45) is 5.41 Å². The van der Waals surface area contributed by atoms with Crippen LogP contribution in [0, 0.1) is 5.41 Å². The smallest absolute Gasteiger partial charge is 0.321 e. The Labute approximate surface area is 79.7 Å². The van der Waals surface area contributed by atoms with Crippen molar-refractivity contribution in [3.8, 4) is 0 Å². The molecule has 0 spiro atoms. The lowest BCUT2D eigenvalue weighted by Crippen LogP contribution is -2.59. The molecule has 1 N–H and O–H groups in total. The second-order valence-electron chi connectivity index (χ2n) is 4.98. The van der Waals surface area contributed by atoms with E-state index in [1.165, 1.54) is 0 Å². The molecule has 1 saturated heterocycles. The van der Waals surface area contributed by atoms with Crippen LogP contribution in [0.2, 0.25) is 0 Å². The maximum Gasteiger partial charge on any atom is 0.321 e. The van der Waals surface area contributed by atoms with E-state index in [0.29, 0.717) is 6.04 Å². The summed E-state index contributed by atoms with van der Waals surface area (Å²) in [6.07, 6.45) is 1.12. The first-order chi connectivity index (χ1) is 5.84. The first kappa shape index (κ1) is 10.5. The molecule has 1 aliphatic rings. The third-order valence-electron chi connectivity index (χ3n) is 2.76. The number of rotatable bonds is 2. The van der Waals surface area contributed by atoms with Crippen molar-refractivity contribution in [2.75, 3.05) is 6.54 Å². The highest BCUT2D eigenvalue weighted by atomic mass is 16.4. The van der Waals surface area contributed by atoms with Crippen molar-refractivity contribution in [1.82, 2.24) is 4.90 Å². The Kier molecular flexibility index (Phi) is 2.66. The third kappa shape index (κ3) is 2.02. The highest BCUT2D eigenvalue weighted by Gasteiger charge is 2.41. The van der Waals surface area contributed by atoms with Crippen LogP contribution >= 0.6 is 0 Å². The Morgan fingerprint density at radius 1 is 1.54 bits per heavy atom. The van der Waals surface area contributed by atoms with Gasteiger partial charge in [-0.3, -0.25) is 9.69 Å². The van der Waals surface area contributed by atoms with Gasteiger partial charge in [-0.1, -0.05) is 20.8 Å². The van der Waals surface area contributed by atoms with E-state index in [4.69, 9.17) is 5.11 Å². The van der Waals surface area contributed by atoms with Gasteiger partial charge in [0.15, 0.2) is 0 Å². The van der Waals surface area contributed by atoms with Gasteiger partial charge >= 0.3 is 5.97 Å². The topological polar surface area (TPSA) is 40.5 Å². The van der Waals surface area contributed by atoms with Crippen LogP contribution in [0.25, 0.3) is 0 Å². The Morgan fingerprint density at radius 3 is 2.15 bits per heavy atom. The van der Waals surface area contributed by atoms with Crippen LogP contribution in [0.4, 0.5) is 0 Å². The molecule has 0 aromatic carbocycles. The van der Waals surface area contributed by atoms with E-state index < -0.39 is 5.97 Å². The number of carbonyl (C=O) groups is 1. The largest absolute Gasteiger partial charge is 0.480 e. The molecule has 3 nitrogen and oxygen atoms in total. The number of hydrogen-bond donors (Lipinski definition) is 1. The lowest BCUT2D eigenvalue weighted by molar-refractivity contribution is -0.152.